The van der Waals surface area contributed by atoms with Crippen molar-refractivity contribution >= 4 is 54.3 Å². The third-order valence-corrected chi connectivity index (χ3v) is 11.9. The second-order valence-corrected chi connectivity index (χ2v) is 15.2. The summed E-state index contributed by atoms with van der Waals surface area (Å²) in [5.41, 5.74) is 13.4. The van der Waals surface area contributed by atoms with Crippen molar-refractivity contribution in [1.29, 1.82) is 0 Å². The van der Waals surface area contributed by atoms with Gasteiger partial charge in [0.15, 0.2) is 0 Å². The Hall–Kier alpha value is -6.44. The summed E-state index contributed by atoms with van der Waals surface area (Å²) in [6.45, 7) is 4.74. The molecule has 1 heterocycles. The summed E-state index contributed by atoms with van der Waals surface area (Å²) in [6.07, 6.45) is 0. The fourth-order valence-corrected chi connectivity index (χ4v) is 9.35. The number of benzene rings is 9. The fraction of sp³-hybridized carbons (Fsp3) is 0.0769. The first-order valence-corrected chi connectivity index (χ1v) is 18.6. The van der Waals surface area contributed by atoms with E-state index in [1.807, 2.05) is 0 Å². The Balaban J connectivity index is 1.16. The number of rotatable bonds is 4. The van der Waals surface area contributed by atoms with Crippen LogP contribution in [0.15, 0.2) is 180 Å². The lowest BCUT2D eigenvalue weighted by Crippen LogP contribution is -2.15. The second-order valence-electron chi connectivity index (χ2n) is 15.2. The van der Waals surface area contributed by atoms with Crippen LogP contribution in [0.3, 0.4) is 0 Å². The van der Waals surface area contributed by atoms with Crippen molar-refractivity contribution in [2.24, 2.45) is 0 Å². The van der Waals surface area contributed by atoms with Crippen molar-refractivity contribution in [2.75, 3.05) is 0 Å². The Morgan fingerprint density at radius 3 is 1.91 bits per heavy atom. The molecule has 1 aromatic heterocycles. The average molecular weight is 677 g/mol. The third kappa shape index (κ3) is 4.50. The summed E-state index contributed by atoms with van der Waals surface area (Å²) in [4.78, 5) is 0. The minimum Gasteiger partial charge on any atom is -0.455 e. The van der Waals surface area contributed by atoms with E-state index in [4.69, 9.17) is 4.42 Å². The number of furan rings is 1. The van der Waals surface area contributed by atoms with Gasteiger partial charge in [-0.1, -0.05) is 172 Å². The molecule has 0 saturated heterocycles. The van der Waals surface area contributed by atoms with E-state index in [1.165, 1.54) is 76.8 Å². The van der Waals surface area contributed by atoms with Crippen molar-refractivity contribution in [3.8, 4) is 22.3 Å². The van der Waals surface area contributed by atoms with Crippen LogP contribution in [0.5, 0.6) is 0 Å². The van der Waals surface area contributed by atoms with E-state index in [9.17, 15) is 0 Å². The van der Waals surface area contributed by atoms with Gasteiger partial charge in [-0.25, -0.2) is 0 Å². The van der Waals surface area contributed by atoms with Crippen LogP contribution in [0.25, 0.3) is 76.5 Å². The highest BCUT2D eigenvalue weighted by molar-refractivity contribution is 6.20. The molecular formula is C52H36O. The molecule has 53 heavy (non-hydrogen) atoms. The molecule has 0 spiro atoms. The molecule has 0 fully saturated rings. The van der Waals surface area contributed by atoms with Crippen molar-refractivity contribution < 1.29 is 4.42 Å². The lowest BCUT2D eigenvalue weighted by Gasteiger charge is -2.25. The zero-order chi connectivity index (χ0) is 35.3. The molecule has 0 saturated carbocycles. The molecule has 0 radical (unpaired) electrons. The monoisotopic (exact) mass is 676 g/mol. The highest BCUT2D eigenvalue weighted by Gasteiger charge is 2.36. The predicted octanol–water partition coefficient (Wildman–Crippen LogP) is 14.2. The summed E-state index contributed by atoms with van der Waals surface area (Å²) in [5, 5.41) is 9.66. The molecule has 250 valence electrons. The van der Waals surface area contributed by atoms with E-state index in [0.29, 0.717) is 0 Å². The van der Waals surface area contributed by atoms with Gasteiger partial charge in [0.2, 0.25) is 0 Å². The van der Waals surface area contributed by atoms with Gasteiger partial charge >= 0.3 is 0 Å². The first kappa shape index (κ1) is 30.2. The molecule has 1 atom stereocenters. The van der Waals surface area contributed by atoms with E-state index in [2.05, 4.69) is 190 Å². The fourth-order valence-electron chi connectivity index (χ4n) is 9.35. The van der Waals surface area contributed by atoms with Gasteiger partial charge in [0.05, 0.1) is 0 Å². The number of fused-ring (bicyclic) bond motifs is 9. The van der Waals surface area contributed by atoms with E-state index in [-0.39, 0.29) is 11.3 Å². The third-order valence-electron chi connectivity index (χ3n) is 11.9. The maximum Gasteiger partial charge on any atom is 0.143 e. The molecule has 1 nitrogen and oxygen atoms in total. The zero-order valence-corrected chi connectivity index (χ0v) is 29.7. The Labute approximate surface area is 308 Å². The molecule has 1 aliphatic rings. The zero-order valence-electron chi connectivity index (χ0n) is 29.7. The molecule has 9 aromatic carbocycles. The van der Waals surface area contributed by atoms with E-state index in [1.54, 1.807) is 0 Å². The summed E-state index contributed by atoms with van der Waals surface area (Å²) < 4.78 is 6.92. The highest BCUT2D eigenvalue weighted by Crippen LogP contribution is 2.50. The molecule has 10 aromatic rings. The first-order valence-electron chi connectivity index (χ1n) is 18.6. The Kier molecular flexibility index (Phi) is 6.43. The highest BCUT2D eigenvalue weighted by atomic mass is 16.3. The van der Waals surface area contributed by atoms with Crippen LogP contribution < -0.4 is 0 Å². The topological polar surface area (TPSA) is 13.1 Å². The van der Waals surface area contributed by atoms with Crippen molar-refractivity contribution in [3.63, 3.8) is 0 Å². The van der Waals surface area contributed by atoms with E-state index < -0.39 is 0 Å². The van der Waals surface area contributed by atoms with Crippen LogP contribution in [-0.4, -0.2) is 0 Å². The summed E-state index contributed by atoms with van der Waals surface area (Å²) in [7, 11) is 0. The van der Waals surface area contributed by atoms with Gasteiger partial charge in [0.25, 0.3) is 0 Å². The minimum atomic E-state index is -0.0837. The van der Waals surface area contributed by atoms with Gasteiger partial charge in [-0.3, -0.25) is 0 Å². The van der Waals surface area contributed by atoms with E-state index >= 15 is 0 Å². The molecular weight excluding hydrogens is 641 g/mol. The number of hydrogen-bond acceptors (Lipinski definition) is 1. The first-order chi connectivity index (χ1) is 26.0. The molecule has 0 bridgehead atoms. The minimum absolute atomic E-state index is 0.0248. The molecule has 11 rings (SSSR count). The second kappa shape index (κ2) is 11.3. The summed E-state index contributed by atoms with van der Waals surface area (Å²) >= 11 is 0. The van der Waals surface area contributed by atoms with Gasteiger partial charge in [0, 0.05) is 27.7 Å². The van der Waals surface area contributed by atoms with Crippen LogP contribution in [0.4, 0.5) is 0 Å². The average Bonchev–Trinajstić information content (AvgIpc) is 3.67. The quantitative estimate of drug-likeness (QED) is 0.169. The summed E-state index contributed by atoms with van der Waals surface area (Å²) in [6, 6.07) is 65.0. The standard InChI is InChI=1S/C52H36O/c1-52(2)46-21-10-9-19-41(46)42-26-24-38(31-47(42)52)49(36-23-22-32-12-3-4-14-34(32)28-36)37-25-27-48-44(30-37)45-29-35-15-6-8-18-40(35)50(51(45)53-48)43-20-11-16-33-13-5-7-17-39(33)43/h3-31,49H,1-2H3. The van der Waals surface area contributed by atoms with Gasteiger partial charge in [-0.05, 0) is 95.0 Å². The lowest BCUT2D eigenvalue weighted by atomic mass is 9.78. The van der Waals surface area contributed by atoms with Crippen LogP contribution in [0.1, 0.15) is 47.6 Å². The van der Waals surface area contributed by atoms with Gasteiger partial charge in [-0.15, -0.1) is 0 Å². The smallest absolute Gasteiger partial charge is 0.143 e. The normalized spacial score (nSPS) is 13.9. The Morgan fingerprint density at radius 2 is 1.02 bits per heavy atom. The van der Waals surface area contributed by atoms with Gasteiger partial charge in [-0.2, -0.15) is 0 Å². The maximum atomic E-state index is 6.92. The molecule has 1 unspecified atom stereocenters. The van der Waals surface area contributed by atoms with Crippen molar-refractivity contribution in [1.82, 2.24) is 0 Å². The molecule has 0 N–H and O–H groups in total. The van der Waals surface area contributed by atoms with Crippen molar-refractivity contribution in [3.05, 3.63) is 204 Å². The number of hydrogen-bond donors (Lipinski definition) is 0. The SMILES string of the molecule is CC1(C)c2ccccc2-c2ccc(C(c3ccc4ccccc4c3)c3ccc4oc5c(-c6cccc7ccccc67)c6ccccc6cc5c4c3)cc21. The molecule has 0 amide bonds. The van der Waals surface area contributed by atoms with Crippen LogP contribution in [0.2, 0.25) is 0 Å². The largest absolute Gasteiger partial charge is 0.455 e. The summed E-state index contributed by atoms with van der Waals surface area (Å²) in [5.74, 6) is 0.0248. The van der Waals surface area contributed by atoms with Crippen LogP contribution in [-0.2, 0) is 5.41 Å². The van der Waals surface area contributed by atoms with Crippen molar-refractivity contribution in [2.45, 2.75) is 25.2 Å². The Bertz CT molecular complexity index is 3100. The molecule has 1 heteroatoms. The van der Waals surface area contributed by atoms with E-state index in [0.717, 1.165) is 27.5 Å². The van der Waals surface area contributed by atoms with Crippen LogP contribution in [0, 0.1) is 0 Å². The molecule has 1 aliphatic carbocycles. The predicted molar refractivity (Wildman–Crippen MR) is 223 cm³/mol. The molecule has 0 aliphatic heterocycles. The van der Waals surface area contributed by atoms with Gasteiger partial charge in [0.1, 0.15) is 11.2 Å². The van der Waals surface area contributed by atoms with Gasteiger partial charge < -0.3 is 4.42 Å². The lowest BCUT2D eigenvalue weighted by molar-refractivity contribution is 0.659. The van der Waals surface area contributed by atoms with Crippen LogP contribution >= 0.6 is 0 Å². The maximum absolute atomic E-state index is 6.92. The Morgan fingerprint density at radius 1 is 0.396 bits per heavy atom.